The molecule has 4 saturated carbocycles. The second kappa shape index (κ2) is 6.61. The SMILES string of the molecule is COC(=O)C12CC3CC(c4ccccc4)(CC(C1)C3CCCCCl)C2. The molecule has 4 aliphatic carbocycles. The van der Waals surface area contributed by atoms with Crippen molar-refractivity contribution in [3.8, 4) is 0 Å². The Morgan fingerprint density at radius 1 is 1.12 bits per heavy atom. The lowest BCUT2D eigenvalue weighted by molar-refractivity contribution is -0.178. The zero-order valence-electron chi connectivity index (χ0n) is 15.2. The third-order valence-corrected chi connectivity index (χ3v) is 7.69. The molecule has 0 saturated heterocycles. The Morgan fingerprint density at radius 2 is 1.80 bits per heavy atom. The molecule has 2 atom stereocenters. The second-order valence-corrected chi connectivity index (χ2v) is 9.16. The topological polar surface area (TPSA) is 26.3 Å². The molecule has 0 radical (unpaired) electrons. The van der Waals surface area contributed by atoms with E-state index in [9.17, 15) is 4.79 Å². The van der Waals surface area contributed by atoms with E-state index in [4.69, 9.17) is 16.3 Å². The normalized spacial score (nSPS) is 38.7. The number of hydrogen-bond donors (Lipinski definition) is 0. The molecule has 136 valence electrons. The molecule has 0 aliphatic heterocycles. The van der Waals surface area contributed by atoms with E-state index >= 15 is 0 Å². The molecule has 5 rings (SSSR count). The summed E-state index contributed by atoms with van der Waals surface area (Å²) in [5, 5.41) is 0. The smallest absolute Gasteiger partial charge is 0.311 e. The van der Waals surface area contributed by atoms with Gasteiger partial charge in [0.2, 0.25) is 0 Å². The van der Waals surface area contributed by atoms with Gasteiger partial charge in [-0.1, -0.05) is 36.8 Å². The van der Waals surface area contributed by atoms with Gasteiger partial charge in [0.15, 0.2) is 0 Å². The number of carbonyl (C=O) groups excluding carboxylic acids is 1. The first kappa shape index (κ1) is 17.4. The van der Waals surface area contributed by atoms with Gasteiger partial charge in [-0.25, -0.2) is 0 Å². The molecule has 0 spiro atoms. The minimum absolute atomic E-state index is 0.0430. The Balaban J connectivity index is 1.66. The summed E-state index contributed by atoms with van der Waals surface area (Å²) in [6.07, 6.45) is 9.18. The summed E-state index contributed by atoms with van der Waals surface area (Å²) < 4.78 is 5.29. The molecule has 4 aliphatic rings. The summed E-state index contributed by atoms with van der Waals surface area (Å²) in [6.45, 7) is 0. The number of halogens is 1. The molecule has 1 aromatic rings. The van der Waals surface area contributed by atoms with Crippen LogP contribution in [0.3, 0.4) is 0 Å². The van der Waals surface area contributed by atoms with E-state index in [1.807, 2.05) is 0 Å². The third kappa shape index (κ3) is 2.81. The van der Waals surface area contributed by atoms with Crippen molar-refractivity contribution < 1.29 is 9.53 Å². The molecule has 2 nitrogen and oxygen atoms in total. The van der Waals surface area contributed by atoms with Crippen LogP contribution in [0.4, 0.5) is 0 Å². The van der Waals surface area contributed by atoms with E-state index in [1.165, 1.54) is 31.2 Å². The molecular formula is C22H29ClO2. The van der Waals surface area contributed by atoms with Crippen LogP contribution in [0.25, 0.3) is 0 Å². The number of benzene rings is 1. The highest BCUT2D eigenvalue weighted by molar-refractivity contribution is 6.17. The highest BCUT2D eigenvalue weighted by Crippen LogP contribution is 2.68. The van der Waals surface area contributed by atoms with Crippen LogP contribution in [0, 0.1) is 23.2 Å². The maximum Gasteiger partial charge on any atom is 0.311 e. The Morgan fingerprint density at radius 3 is 2.40 bits per heavy atom. The van der Waals surface area contributed by atoms with Crippen molar-refractivity contribution in [2.75, 3.05) is 13.0 Å². The van der Waals surface area contributed by atoms with Gasteiger partial charge in [-0.3, -0.25) is 4.79 Å². The number of methoxy groups -OCH3 is 1. The number of rotatable bonds is 6. The van der Waals surface area contributed by atoms with Gasteiger partial charge in [0.05, 0.1) is 12.5 Å². The van der Waals surface area contributed by atoms with Crippen LogP contribution in [0.15, 0.2) is 30.3 Å². The molecular weight excluding hydrogens is 332 g/mol. The van der Waals surface area contributed by atoms with Crippen LogP contribution >= 0.6 is 11.6 Å². The Kier molecular flexibility index (Phi) is 4.60. The van der Waals surface area contributed by atoms with Crippen molar-refractivity contribution in [2.45, 2.75) is 56.8 Å². The van der Waals surface area contributed by atoms with Gasteiger partial charge in [0, 0.05) is 5.88 Å². The number of unbranched alkanes of at least 4 members (excludes halogenated alkanes) is 1. The predicted molar refractivity (Wildman–Crippen MR) is 101 cm³/mol. The number of ether oxygens (including phenoxy) is 1. The lowest BCUT2D eigenvalue weighted by Crippen LogP contribution is -2.60. The van der Waals surface area contributed by atoms with E-state index in [1.54, 1.807) is 7.11 Å². The number of carbonyl (C=O) groups is 1. The van der Waals surface area contributed by atoms with E-state index in [-0.39, 0.29) is 16.8 Å². The Hall–Kier alpha value is -1.02. The summed E-state index contributed by atoms with van der Waals surface area (Å²) in [5.41, 5.74) is 1.39. The summed E-state index contributed by atoms with van der Waals surface area (Å²) in [7, 11) is 1.56. The molecule has 0 heterocycles. The van der Waals surface area contributed by atoms with Crippen molar-refractivity contribution >= 4 is 17.6 Å². The van der Waals surface area contributed by atoms with E-state index in [0.29, 0.717) is 11.8 Å². The van der Waals surface area contributed by atoms with Gasteiger partial charge in [-0.2, -0.15) is 0 Å². The second-order valence-electron chi connectivity index (χ2n) is 8.78. The van der Waals surface area contributed by atoms with Gasteiger partial charge < -0.3 is 4.74 Å². The van der Waals surface area contributed by atoms with Crippen molar-refractivity contribution in [1.82, 2.24) is 0 Å². The zero-order chi connectivity index (χ0) is 17.5. The van der Waals surface area contributed by atoms with Crippen LogP contribution in [0.2, 0.25) is 0 Å². The minimum Gasteiger partial charge on any atom is -0.469 e. The molecule has 2 unspecified atom stereocenters. The van der Waals surface area contributed by atoms with E-state index in [2.05, 4.69) is 30.3 Å². The van der Waals surface area contributed by atoms with Crippen molar-refractivity contribution in [2.24, 2.45) is 23.2 Å². The van der Waals surface area contributed by atoms with E-state index in [0.717, 1.165) is 37.5 Å². The molecule has 3 heteroatoms. The fourth-order valence-electron chi connectivity index (χ4n) is 6.78. The van der Waals surface area contributed by atoms with Gasteiger partial charge in [-0.15, -0.1) is 11.6 Å². The number of alkyl halides is 1. The maximum absolute atomic E-state index is 12.8. The van der Waals surface area contributed by atoms with Crippen molar-refractivity contribution in [3.63, 3.8) is 0 Å². The average Bonchev–Trinajstić information content (AvgIpc) is 2.63. The molecule has 4 fully saturated rings. The molecule has 4 bridgehead atoms. The maximum atomic E-state index is 12.8. The predicted octanol–water partition coefficient (Wildman–Crippen LogP) is 5.33. The van der Waals surface area contributed by atoms with Crippen molar-refractivity contribution in [1.29, 1.82) is 0 Å². The third-order valence-electron chi connectivity index (χ3n) is 7.43. The zero-order valence-corrected chi connectivity index (χ0v) is 15.9. The molecule has 0 aromatic heterocycles. The first-order chi connectivity index (χ1) is 12.1. The Bertz CT molecular complexity index is 610. The lowest BCUT2D eigenvalue weighted by atomic mass is 9.40. The van der Waals surface area contributed by atoms with Gasteiger partial charge in [-0.05, 0) is 73.7 Å². The fourth-order valence-corrected chi connectivity index (χ4v) is 6.97. The molecule has 0 N–H and O–H groups in total. The summed E-state index contributed by atoms with van der Waals surface area (Å²) in [5.74, 6) is 2.91. The lowest BCUT2D eigenvalue weighted by Gasteiger charge is -2.64. The number of hydrogen-bond acceptors (Lipinski definition) is 2. The largest absolute Gasteiger partial charge is 0.469 e. The Labute approximate surface area is 156 Å². The summed E-state index contributed by atoms with van der Waals surface area (Å²) in [4.78, 5) is 12.8. The standard InChI is InChI=1S/C22H29ClO2/c1-25-20(24)22-13-16-11-21(15-22,18-7-3-2-4-8-18)12-17(14-22)19(16)9-5-6-10-23/h2-4,7-8,16-17,19H,5-6,9-15H2,1H3. The fraction of sp³-hybridized carbons (Fsp3) is 0.682. The van der Waals surface area contributed by atoms with Crippen LogP contribution in [-0.4, -0.2) is 19.0 Å². The van der Waals surface area contributed by atoms with Crippen molar-refractivity contribution in [3.05, 3.63) is 35.9 Å². The van der Waals surface area contributed by atoms with Crippen LogP contribution in [-0.2, 0) is 14.9 Å². The first-order valence-corrected chi connectivity index (χ1v) is 10.4. The summed E-state index contributed by atoms with van der Waals surface area (Å²) >= 11 is 5.89. The van der Waals surface area contributed by atoms with Gasteiger partial charge in [0.1, 0.15) is 0 Å². The molecule has 0 amide bonds. The monoisotopic (exact) mass is 360 g/mol. The number of esters is 1. The van der Waals surface area contributed by atoms with Crippen LogP contribution < -0.4 is 0 Å². The first-order valence-electron chi connectivity index (χ1n) is 9.82. The summed E-state index contributed by atoms with van der Waals surface area (Å²) in [6, 6.07) is 10.9. The van der Waals surface area contributed by atoms with Crippen LogP contribution in [0.1, 0.15) is 56.9 Å². The quantitative estimate of drug-likeness (QED) is 0.389. The van der Waals surface area contributed by atoms with Gasteiger partial charge >= 0.3 is 5.97 Å². The van der Waals surface area contributed by atoms with Crippen LogP contribution in [0.5, 0.6) is 0 Å². The minimum atomic E-state index is -0.237. The molecule has 25 heavy (non-hydrogen) atoms. The highest BCUT2D eigenvalue weighted by Gasteiger charge is 2.64. The average molecular weight is 361 g/mol. The highest BCUT2D eigenvalue weighted by atomic mass is 35.5. The van der Waals surface area contributed by atoms with Gasteiger partial charge in [0.25, 0.3) is 0 Å². The van der Waals surface area contributed by atoms with E-state index < -0.39 is 0 Å². The molecule has 1 aromatic carbocycles.